The first kappa shape index (κ1) is 8.43. The lowest BCUT2D eigenvalue weighted by Crippen LogP contribution is -2.33. The van der Waals surface area contributed by atoms with Gasteiger partial charge in [-0.1, -0.05) is 12.1 Å². The van der Waals surface area contributed by atoms with E-state index in [0.29, 0.717) is 5.56 Å². The Morgan fingerprint density at radius 3 is 2.69 bits per heavy atom. The highest BCUT2D eigenvalue weighted by Crippen LogP contribution is 2.25. The number of halogens is 3. The fourth-order valence-electron chi connectivity index (χ4n) is 1.13. The molecule has 0 fully saturated rings. The van der Waals surface area contributed by atoms with Crippen molar-refractivity contribution < 1.29 is 22.7 Å². The Hall–Kier alpha value is -1.17. The third kappa shape index (κ3) is 1.49. The Labute approximate surface area is 72.2 Å². The first-order valence-electron chi connectivity index (χ1n) is 3.69. The number of hydrogen-bond acceptors (Lipinski definition) is 2. The van der Waals surface area contributed by atoms with Gasteiger partial charge in [-0.3, -0.25) is 0 Å². The lowest BCUT2D eigenvalue weighted by Gasteiger charge is -2.14. The van der Waals surface area contributed by atoms with Crippen LogP contribution >= 0.6 is 0 Å². The van der Waals surface area contributed by atoms with Gasteiger partial charge in [-0.2, -0.15) is 4.89 Å². The number of fused-ring (bicyclic) bond motifs is 1. The van der Waals surface area contributed by atoms with Crippen molar-refractivity contribution in [1.82, 2.24) is 0 Å². The number of rotatable bonds is 1. The Kier molecular flexibility index (Phi) is 1.73. The maximum Gasteiger partial charge on any atom is 0.509 e. The molecule has 6 heteroatoms. The smallest absolute Gasteiger partial charge is 0.445 e. The van der Waals surface area contributed by atoms with E-state index in [1.54, 1.807) is 0 Å². The molecule has 0 atom stereocenters. The number of hydrogen-bond donors (Lipinski definition) is 0. The van der Waals surface area contributed by atoms with E-state index in [0.717, 1.165) is 12.1 Å². The third-order valence-electron chi connectivity index (χ3n) is 1.83. The first-order chi connectivity index (χ1) is 6.07. The van der Waals surface area contributed by atoms with Crippen LogP contribution in [0.2, 0.25) is 0 Å². The van der Waals surface area contributed by atoms with Crippen molar-refractivity contribution in [1.29, 1.82) is 0 Å². The fourth-order valence-corrected chi connectivity index (χ4v) is 1.13. The van der Waals surface area contributed by atoms with Crippen LogP contribution in [0.1, 0.15) is 5.56 Å². The van der Waals surface area contributed by atoms with E-state index in [9.17, 15) is 12.9 Å². The van der Waals surface area contributed by atoms with Gasteiger partial charge in [-0.15, -0.1) is 5.46 Å². The summed E-state index contributed by atoms with van der Waals surface area (Å²) < 4.78 is 36.7. The van der Waals surface area contributed by atoms with Gasteiger partial charge in [-0.05, 0) is 6.07 Å². The molecule has 1 aliphatic rings. The van der Waals surface area contributed by atoms with Crippen molar-refractivity contribution in [2.45, 2.75) is 6.61 Å². The van der Waals surface area contributed by atoms with Gasteiger partial charge < -0.3 is 17.8 Å². The van der Waals surface area contributed by atoms with Crippen LogP contribution in [-0.4, -0.2) is 6.98 Å². The molecule has 0 amide bonds. The van der Waals surface area contributed by atoms with Crippen LogP contribution in [0.5, 0.6) is 5.75 Å². The molecule has 0 aliphatic carbocycles. The topological polar surface area (TPSA) is 18.5 Å². The second-order valence-electron chi connectivity index (χ2n) is 2.79. The average molecular weight is 189 g/mol. The molecule has 1 heterocycles. The largest absolute Gasteiger partial charge is 0.509 e. The second-order valence-corrected chi connectivity index (χ2v) is 2.79. The minimum absolute atomic E-state index is 0.164. The van der Waals surface area contributed by atoms with E-state index < -0.39 is 12.4 Å². The Bertz CT molecular complexity index is 337. The molecule has 0 saturated heterocycles. The van der Waals surface area contributed by atoms with Gasteiger partial charge in [0, 0.05) is 5.56 Å². The summed E-state index contributed by atoms with van der Waals surface area (Å²) >= 11 is 0. The molecule has 0 N–H and O–H groups in total. The zero-order valence-electron chi connectivity index (χ0n) is 6.47. The molecule has 0 spiro atoms. The van der Waals surface area contributed by atoms with Crippen molar-refractivity contribution in [3.05, 3.63) is 23.8 Å². The lowest BCUT2D eigenvalue weighted by molar-refractivity contribution is -0.194. The van der Waals surface area contributed by atoms with E-state index in [1.807, 2.05) is 0 Å². The summed E-state index contributed by atoms with van der Waals surface area (Å²) in [5.41, 5.74) is -0.0203. The second kappa shape index (κ2) is 2.66. The predicted molar refractivity (Wildman–Crippen MR) is 40.6 cm³/mol. The van der Waals surface area contributed by atoms with Crippen LogP contribution in [0, 0.1) is 0 Å². The molecule has 0 aromatic heterocycles. The molecule has 70 valence electrons. The van der Waals surface area contributed by atoms with E-state index in [4.69, 9.17) is 0 Å². The maximum absolute atomic E-state index is 12.2. The zero-order valence-corrected chi connectivity index (χ0v) is 6.47. The van der Waals surface area contributed by atoms with Gasteiger partial charge in [0.05, 0.1) is 0 Å². The Balaban J connectivity index is 2.42. The zero-order chi connectivity index (χ0) is 9.47. The van der Waals surface area contributed by atoms with Crippen LogP contribution in [-0.2, 0) is 11.5 Å². The summed E-state index contributed by atoms with van der Waals surface area (Å²) in [5.74, 6) is 0.164. The van der Waals surface area contributed by atoms with E-state index >= 15 is 0 Å². The quantitative estimate of drug-likeness (QED) is 0.492. The highest BCUT2D eigenvalue weighted by atomic mass is 19.4. The van der Waals surface area contributed by atoms with E-state index in [2.05, 4.69) is 9.78 Å². The van der Waals surface area contributed by atoms with Crippen molar-refractivity contribution in [2.24, 2.45) is 0 Å². The fraction of sp³-hybridized carbons (Fsp3) is 0.143. The first-order valence-corrected chi connectivity index (χ1v) is 3.69. The molecule has 0 saturated carbocycles. The molecule has 13 heavy (non-hydrogen) atoms. The van der Waals surface area contributed by atoms with Crippen LogP contribution in [0.25, 0.3) is 0 Å². The molecule has 1 aliphatic heterocycles. The molecular formula is C7H5BF3O2-. The maximum atomic E-state index is 12.2. The van der Waals surface area contributed by atoms with Gasteiger partial charge in [0.15, 0.2) is 5.75 Å². The molecule has 1 aromatic carbocycles. The average Bonchev–Trinajstić information content (AvgIpc) is 2.47. The van der Waals surface area contributed by atoms with Gasteiger partial charge >= 0.3 is 6.98 Å². The van der Waals surface area contributed by atoms with Crippen molar-refractivity contribution in [2.75, 3.05) is 0 Å². The third-order valence-corrected chi connectivity index (χ3v) is 1.83. The minimum atomic E-state index is -4.95. The Morgan fingerprint density at radius 2 is 2.00 bits per heavy atom. The van der Waals surface area contributed by atoms with Gasteiger partial charge in [0.25, 0.3) is 0 Å². The lowest BCUT2D eigenvalue weighted by atomic mass is 9.80. The van der Waals surface area contributed by atoms with Crippen LogP contribution in [0.15, 0.2) is 18.2 Å². The minimum Gasteiger partial charge on any atom is -0.445 e. The van der Waals surface area contributed by atoms with E-state index in [-0.39, 0.29) is 12.4 Å². The summed E-state index contributed by atoms with van der Waals surface area (Å²) in [6.07, 6.45) is 0. The predicted octanol–water partition coefficient (Wildman–Crippen LogP) is 1.56. The molecule has 2 nitrogen and oxygen atoms in total. The van der Waals surface area contributed by atoms with Crippen molar-refractivity contribution in [3.8, 4) is 5.75 Å². The van der Waals surface area contributed by atoms with Crippen LogP contribution in [0.3, 0.4) is 0 Å². The van der Waals surface area contributed by atoms with Gasteiger partial charge in [0.1, 0.15) is 6.61 Å². The summed E-state index contributed by atoms with van der Waals surface area (Å²) in [5, 5.41) is 0. The summed E-state index contributed by atoms with van der Waals surface area (Å²) in [6, 6.07) is 3.37. The van der Waals surface area contributed by atoms with Crippen molar-refractivity contribution >= 4 is 12.4 Å². The SMILES string of the molecule is F[B-](F)(F)c1ccc2c(c1)OOC2. The molecule has 2 rings (SSSR count). The summed E-state index contributed by atoms with van der Waals surface area (Å²) in [6.45, 7) is -4.74. The monoisotopic (exact) mass is 189 g/mol. The highest BCUT2D eigenvalue weighted by molar-refractivity contribution is 6.73. The van der Waals surface area contributed by atoms with Gasteiger partial charge in [0.2, 0.25) is 0 Å². The molecule has 0 bridgehead atoms. The standard InChI is InChI=1S/C7H5BF3O2/c9-8(10,11)6-2-1-5-4-12-13-7(5)3-6/h1-3H,4H2/q-1. The molecule has 0 unspecified atom stereocenters. The van der Waals surface area contributed by atoms with Crippen LogP contribution in [0.4, 0.5) is 12.9 Å². The van der Waals surface area contributed by atoms with Gasteiger partial charge in [-0.25, -0.2) is 0 Å². The summed E-state index contributed by atoms with van der Waals surface area (Å²) in [7, 11) is 0. The van der Waals surface area contributed by atoms with Crippen molar-refractivity contribution in [3.63, 3.8) is 0 Å². The molecular weight excluding hydrogens is 184 g/mol. The van der Waals surface area contributed by atoms with Crippen LogP contribution < -0.4 is 10.4 Å². The highest BCUT2D eigenvalue weighted by Gasteiger charge is 2.27. The van der Waals surface area contributed by atoms with E-state index in [1.165, 1.54) is 6.07 Å². The number of benzene rings is 1. The summed E-state index contributed by atoms with van der Waals surface area (Å²) in [4.78, 5) is 9.07. The normalized spacial score (nSPS) is 15.3. The molecule has 1 aromatic rings. The Morgan fingerprint density at radius 1 is 1.23 bits per heavy atom. The molecule has 0 radical (unpaired) electrons.